The Morgan fingerprint density at radius 1 is 1.53 bits per heavy atom. The third-order valence-corrected chi connectivity index (χ3v) is 2.50. The summed E-state index contributed by atoms with van der Waals surface area (Å²) < 4.78 is 10.3. The molecule has 0 aromatic heterocycles. The first kappa shape index (κ1) is 11.3. The molecule has 1 aromatic carbocycles. The zero-order chi connectivity index (χ0) is 12.3. The summed E-state index contributed by atoms with van der Waals surface area (Å²) in [7, 11) is 0. The van der Waals surface area contributed by atoms with Crippen molar-refractivity contribution in [3.8, 4) is 17.6 Å². The van der Waals surface area contributed by atoms with Gasteiger partial charge in [-0.25, -0.2) is 0 Å². The van der Waals surface area contributed by atoms with Crippen LogP contribution in [0.3, 0.4) is 0 Å². The molecule has 17 heavy (non-hydrogen) atoms. The summed E-state index contributed by atoms with van der Waals surface area (Å²) in [6.07, 6.45) is 0.576. The van der Waals surface area contributed by atoms with Gasteiger partial charge < -0.3 is 14.8 Å². The molecule has 1 N–H and O–H groups in total. The lowest BCUT2D eigenvalue weighted by Gasteiger charge is -2.09. The van der Waals surface area contributed by atoms with E-state index in [1.54, 1.807) is 18.2 Å². The van der Waals surface area contributed by atoms with E-state index in [1.807, 2.05) is 13.0 Å². The van der Waals surface area contributed by atoms with Gasteiger partial charge in [0.15, 0.2) is 11.5 Å². The number of nitriles is 1. The molecule has 0 aliphatic carbocycles. The van der Waals surface area contributed by atoms with E-state index in [9.17, 15) is 4.79 Å². The number of benzene rings is 1. The van der Waals surface area contributed by atoms with Crippen LogP contribution in [0.25, 0.3) is 0 Å². The number of carbonyl (C=O) groups excluding carboxylic acids is 1. The molecule has 1 aliphatic rings. The highest BCUT2D eigenvalue weighted by Crippen LogP contribution is 2.32. The highest BCUT2D eigenvalue weighted by Gasteiger charge is 2.17. The number of nitrogens with zero attached hydrogens (tertiary/aromatic N) is 1. The second kappa shape index (κ2) is 4.74. The molecule has 0 saturated heterocycles. The normalized spacial score (nSPS) is 13.9. The SMILES string of the molecule is CCC(C#N)NC(=O)c1ccc2c(c1)OCO2. The van der Waals surface area contributed by atoms with Crippen molar-refractivity contribution < 1.29 is 14.3 Å². The van der Waals surface area contributed by atoms with Crippen molar-refractivity contribution in [1.82, 2.24) is 5.32 Å². The Bertz CT molecular complexity index is 479. The molecule has 1 heterocycles. The van der Waals surface area contributed by atoms with Gasteiger partial charge in [-0.2, -0.15) is 5.26 Å². The predicted octanol–water partition coefficient (Wildman–Crippen LogP) is 1.45. The van der Waals surface area contributed by atoms with Gasteiger partial charge in [-0.05, 0) is 24.6 Å². The molecule has 0 bridgehead atoms. The summed E-state index contributed by atoms with van der Waals surface area (Å²) in [6, 6.07) is 6.50. The maximum atomic E-state index is 11.8. The molecule has 0 fully saturated rings. The lowest BCUT2D eigenvalue weighted by molar-refractivity contribution is 0.0944. The number of carbonyl (C=O) groups is 1. The Balaban J connectivity index is 2.12. The van der Waals surface area contributed by atoms with Gasteiger partial charge in [0.2, 0.25) is 6.79 Å². The Morgan fingerprint density at radius 3 is 3.00 bits per heavy atom. The summed E-state index contributed by atoms with van der Waals surface area (Å²) in [4.78, 5) is 11.8. The molecule has 1 atom stereocenters. The molecular weight excluding hydrogens is 220 g/mol. The number of amides is 1. The van der Waals surface area contributed by atoms with Crippen molar-refractivity contribution in [2.45, 2.75) is 19.4 Å². The maximum absolute atomic E-state index is 11.8. The summed E-state index contributed by atoms with van der Waals surface area (Å²) >= 11 is 0. The van der Waals surface area contributed by atoms with Crippen LogP contribution in [-0.2, 0) is 0 Å². The van der Waals surface area contributed by atoms with E-state index < -0.39 is 6.04 Å². The number of ether oxygens (including phenoxy) is 2. The average Bonchev–Trinajstić information content (AvgIpc) is 2.82. The minimum Gasteiger partial charge on any atom is -0.454 e. The monoisotopic (exact) mass is 232 g/mol. The molecule has 88 valence electrons. The minimum atomic E-state index is -0.465. The second-order valence-electron chi connectivity index (χ2n) is 3.63. The molecular formula is C12H12N2O3. The Hall–Kier alpha value is -2.22. The van der Waals surface area contributed by atoms with Crippen LogP contribution in [0.15, 0.2) is 18.2 Å². The fraction of sp³-hybridized carbons (Fsp3) is 0.333. The third kappa shape index (κ3) is 2.31. The van der Waals surface area contributed by atoms with Crippen LogP contribution in [0.5, 0.6) is 11.5 Å². The third-order valence-electron chi connectivity index (χ3n) is 2.50. The van der Waals surface area contributed by atoms with Crippen LogP contribution in [0.1, 0.15) is 23.7 Å². The largest absolute Gasteiger partial charge is 0.454 e. The van der Waals surface area contributed by atoms with Crippen molar-refractivity contribution >= 4 is 5.91 Å². The van der Waals surface area contributed by atoms with Gasteiger partial charge >= 0.3 is 0 Å². The predicted molar refractivity (Wildman–Crippen MR) is 59.7 cm³/mol. The van der Waals surface area contributed by atoms with E-state index in [0.29, 0.717) is 23.5 Å². The van der Waals surface area contributed by atoms with Crippen LogP contribution in [0.2, 0.25) is 0 Å². The highest BCUT2D eigenvalue weighted by atomic mass is 16.7. The number of hydrogen-bond acceptors (Lipinski definition) is 4. The van der Waals surface area contributed by atoms with E-state index in [1.165, 1.54) is 0 Å². The first-order valence-electron chi connectivity index (χ1n) is 5.34. The standard InChI is InChI=1S/C12H12N2O3/c1-2-9(6-13)14-12(15)8-3-4-10-11(5-8)17-7-16-10/h3-5,9H,2,7H2,1H3,(H,14,15). The average molecular weight is 232 g/mol. The van der Waals surface area contributed by atoms with Crippen LogP contribution < -0.4 is 14.8 Å². The summed E-state index contributed by atoms with van der Waals surface area (Å²) in [5, 5.41) is 11.4. The highest BCUT2D eigenvalue weighted by molar-refractivity contribution is 5.95. The molecule has 5 nitrogen and oxygen atoms in total. The Morgan fingerprint density at radius 2 is 2.29 bits per heavy atom. The topological polar surface area (TPSA) is 71.4 Å². The number of nitrogens with one attached hydrogen (secondary N) is 1. The van der Waals surface area contributed by atoms with Gasteiger partial charge in [0, 0.05) is 5.56 Å². The molecule has 0 spiro atoms. The first-order chi connectivity index (χ1) is 8.24. The number of fused-ring (bicyclic) bond motifs is 1. The van der Waals surface area contributed by atoms with E-state index in [0.717, 1.165) is 0 Å². The van der Waals surface area contributed by atoms with Crippen molar-refractivity contribution in [3.05, 3.63) is 23.8 Å². The maximum Gasteiger partial charge on any atom is 0.252 e. The zero-order valence-corrected chi connectivity index (χ0v) is 9.40. The lowest BCUT2D eigenvalue weighted by Crippen LogP contribution is -2.33. The molecule has 1 aromatic rings. The van der Waals surface area contributed by atoms with Crippen molar-refractivity contribution in [2.24, 2.45) is 0 Å². The fourth-order valence-corrected chi connectivity index (χ4v) is 1.50. The van der Waals surface area contributed by atoms with Crippen molar-refractivity contribution in [1.29, 1.82) is 5.26 Å². The molecule has 1 amide bonds. The molecule has 1 aliphatic heterocycles. The van der Waals surface area contributed by atoms with Gasteiger partial charge in [0.05, 0.1) is 6.07 Å². The van der Waals surface area contributed by atoms with Crippen molar-refractivity contribution in [2.75, 3.05) is 6.79 Å². The van der Waals surface area contributed by atoms with E-state index in [-0.39, 0.29) is 12.7 Å². The van der Waals surface area contributed by atoms with Crippen LogP contribution >= 0.6 is 0 Å². The van der Waals surface area contributed by atoms with E-state index in [4.69, 9.17) is 14.7 Å². The van der Waals surface area contributed by atoms with Gasteiger partial charge in [0.1, 0.15) is 6.04 Å². The molecule has 0 saturated carbocycles. The van der Waals surface area contributed by atoms with Crippen LogP contribution in [-0.4, -0.2) is 18.7 Å². The van der Waals surface area contributed by atoms with Crippen LogP contribution in [0.4, 0.5) is 0 Å². The number of rotatable bonds is 3. The van der Waals surface area contributed by atoms with Crippen molar-refractivity contribution in [3.63, 3.8) is 0 Å². The summed E-state index contributed by atoms with van der Waals surface area (Å²) in [5.41, 5.74) is 0.461. The second-order valence-corrected chi connectivity index (χ2v) is 3.63. The Labute approximate surface area is 98.9 Å². The smallest absolute Gasteiger partial charge is 0.252 e. The molecule has 2 rings (SSSR count). The van der Waals surface area contributed by atoms with Gasteiger partial charge in [-0.3, -0.25) is 4.79 Å². The zero-order valence-electron chi connectivity index (χ0n) is 9.40. The van der Waals surface area contributed by atoms with Gasteiger partial charge in [-0.1, -0.05) is 6.92 Å². The lowest BCUT2D eigenvalue weighted by atomic mass is 10.1. The first-order valence-corrected chi connectivity index (χ1v) is 5.34. The van der Waals surface area contributed by atoms with Gasteiger partial charge in [0.25, 0.3) is 5.91 Å². The van der Waals surface area contributed by atoms with Crippen LogP contribution in [0, 0.1) is 11.3 Å². The quantitative estimate of drug-likeness (QED) is 0.856. The molecule has 1 unspecified atom stereocenters. The van der Waals surface area contributed by atoms with E-state index >= 15 is 0 Å². The molecule has 5 heteroatoms. The summed E-state index contributed by atoms with van der Waals surface area (Å²) in [5.74, 6) is 0.910. The van der Waals surface area contributed by atoms with E-state index in [2.05, 4.69) is 5.32 Å². The van der Waals surface area contributed by atoms with Gasteiger partial charge in [-0.15, -0.1) is 0 Å². The fourth-order valence-electron chi connectivity index (χ4n) is 1.50. The number of hydrogen-bond donors (Lipinski definition) is 1. The minimum absolute atomic E-state index is 0.177. The Kier molecular flexibility index (Phi) is 3.15. The summed E-state index contributed by atoms with van der Waals surface area (Å²) in [6.45, 7) is 2.02. The molecule has 0 radical (unpaired) electrons.